The highest BCUT2D eigenvalue weighted by molar-refractivity contribution is 5.59. The van der Waals surface area contributed by atoms with Gasteiger partial charge in [-0.15, -0.1) is 0 Å². The maximum absolute atomic E-state index is 5.98. The summed E-state index contributed by atoms with van der Waals surface area (Å²) in [5, 5.41) is 0. The van der Waals surface area contributed by atoms with Gasteiger partial charge in [-0.1, -0.05) is 31.0 Å². The van der Waals surface area contributed by atoms with Crippen molar-refractivity contribution in [2.24, 2.45) is 17.6 Å². The average molecular weight is 258 g/mol. The number of benzene rings is 1. The Kier molecular flexibility index (Phi) is 3.79. The molecule has 2 aliphatic rings. The fourth-order valence-electron chi connectivity index (χ4n) is 4.00. The molecule has 1 fully saturated rings. The average Bonchev–Trinajstić information content (AvgIpc) is 2.76. The van der Waals surface area contributed by atoms with Gasteiger partial charge in [0.25, 0.3) is 0 Å². The van der Waals surface area contributed by atoms with Crippen LogP contribution in [0.4, 0.5) is 5.69 Å². The van der Waals surface area contributed by atoms with E-state index in [2.05, 4.69) is 36.1 Å². The number of nitrogens with zero attached hydrogens (tertiary/aromatic N) is 1. The van der Waals surface area contributed by atoms with Gasteiger partial charge in [-0.25, -0.2) is 0 Å². The Bertz CT molecular complexity index is 429. The molecule has 3 rings (SSSR count). The second-order valence-electron chi connectivity index (χ2n) is 6.37. The van der Waals surface area contributed by atoms with Crippen molar-refractivity contribution < 1.29 is 0 Å². The van der Waals surface area contributed by atoms with Crippen LogP contribution in [0.3, 0.4) is 0 Å². The Morgan fingerprint density at radius 1 is 1.16 bits per heavy atom. The standard InChI is InChI=1S/C17H26N2/c1-13-10-14-6-4-5-9-17(14)19(13)12-16-8-3-2-7-15(16)11-18/h4-6,9,13,15-16H,2-3,7-8,10-12,18H2,1H3. The molecule has 0 aromatic heterocycles. The first-order chi connectivity index (χ1) is 9.29. The minimum absolute atomic E-state index is 0.651. The van der Waals surface area contributed by atoms with E-state index in [0.29, 0.717) is 6.04 Å². The third-order valence-corrected chi connectivity index (χ3v) is 5.15. The summed E-state index contributed by atoms with van der Waals surface area (Å²) in [4.78, 5) is 2.63. The highest BCUT2D eigenvalue weighted by Gasteiger charge is 2.31. The van der Waals surface area contributed by atoms with Crippen LogP contribution >= 0.6 is 0 Å². The number of nitrogens with two attached hydrogens (primary N) is 1. The molecule has 1 aliphatic carbocycles. The monoisotopic (exact) mass is 258 g/mol. The topological polar surface area (TPSA) is 29.3 Å². The molecule has 0 spiro atoms. The van der Waals surface area contributed by atoms with Gasteiger partial charge in [-0.3, -0.25) is 0 Å². The molecule has 2 N–H and O–H groups in total. The van der Waals surface area contributed by atoms with E-state index >= 15 is 0 Å². The SMILES string of the molecule is CC1Cc2ccccc2N1CC1CCCCC1CN. The predicted molar refractivity (Wildman–Crippen MR) is 81.5 cm³/mol. The maximum atomic E-state index is 5.98. The quantitative estimate of drug-likeness (QED) is 0.902. The highest BCUT2D eigenvalue weighted by Crippen LogP contribution is 2.36. The van der Waals surface area contributed by atoms with Crippen molar-refractivity contribution in [1.29, 1.82) is 0 Å². The van der Waals surface area contributed by atoms with Crippen molar-refractivity contribution in [2.45, 2.75) is 45.1 Å². The molecule has 0 radical (unpaired) electrons. The summed E-state index contributed by atoms with van der Waals surface area (Å²) >= 11 is 0. The number of hydrogen-bond acceptors (Lipinski definition) is 2. The van der Waals surface area contributed by atoms with Crippen LogP contribution in [-0.4, -0.2) is 19.1 Å². The van der Waals surface area contributed by atoms with E-state index in [9.17, 15) is 0 Å². The minimum Gasteiger partial charge on any atom is -0.368 e. The minimum atomic E-state index is 0.651. The van der Waals surface area contributed by atoms with Crippen molar-refractivity contribution in [3.63, 3.8) is 0 Å². The Balaban J connectivity index is 1.75. The second kappa shape index (κ2) is 5.54. The van der Waals surface area contributed by atoms with Crippen molar-refractivity contribution in [1.82, 2.24) is 0 Å². The maximum Gasteiger partial charge on any atom is 0.0402 e. The number of rotatable bonds is 3. The lowest BCUT2D eigenvalue weighted by molar-refractivity contribution is 0.243. The number of hydrogen-bond donors (Lipinski definition) is 1. The van der Waals surface area contributed by atoms with Crippen LogP contribution in [0.15, 0.2) is 24.3 Å². The molecule has 3 unspecified atom stereocenters. The van der Waals surface area contributed by atoms with Crippen LogP contribution < -0.4 is 10.6 Å². The third-order valence-electron chi connectivity index (χ3n) is 5.15. The van der Waals surface area contributed by atoms with Gasteiger partial charge in [0.2, 0.25) is 0 Å². The van der Waals surface area contributed by atoms with Gasteiger partial charge in [0.05, 0.1) is 0 Å². The zero-order valence-corrected chi connectivity index (χ0v) is 12.0. The molecule has 1 aromatic carbocycles. The normalized spacial score (nSPS) is 30.4. The smallest absolute Gasteiger partial charge is 0.0402 e. The molecular weight excluding hydrogens is 232 g/mol. The van der Waals surface area contributed by atoms with Crippen molar-refractivity contribution >= 4 is 5.69 Å². The summed E-state index contributed by atoms with van der Waals surface area (Å²) in [5.41, 5.74) is 8.97. The second-order valence-corrected chi connectivity index (χ2v) is 6.37. The van der Waals surface area contributed by atoms with Gasteiger partial charge < -0.3 is 10.6 Å². The summed E-state index contributed by atoms with van der Waals surface area (Å²) in [6.45, 7) is 4.44. The van der Waals surface area contributed by atoms with Crippen LogP contribution in [0.5, 0.6) is 0 Å². The van der Waals surface area contributed by atoms with Crippen molar-refractivity contribution in [3.8, 4) is 0 Å². The summed E-state index contributed by atoms with van der Waals surface area (Å²) in [6.07, 6.45) is 6.68. The Morgan fingerprint density at radius 2 is 1.89 bits per heavy atom. The van der Waals surface area contributed by atoms with Crippen LogP contribution in [0, 0.1) is 11.8 Å². The largest absolute Gasteiger partial charge is 0.368 e. The van der Waals surface area contributed by atoms with E-state index in [0.717, 1.165) is 18.4 Å². The zero-order chi connectivity index (χ0) is 13.2. The van der Waals surface area contributed by atoms with E-state index in [4.69, 9.17) is 5.73 Å². The van der Waals surface area contributed by atoms with Gasteiger partial charge in [0.1, 0.15) is 0 Å². The molecular formula is C17H26N2. The lowest BCUT2D eigenvalue weighted by Gasteiger charge is -2.36. The number of para-hydroxylation sites is 1. The van der Waals surface area contributed by atoms with Crippen LogP contribution in [0.25, 0.3) is 0 Å². The van der Waals surface area contributed by atoms with Gasteiger partial charge in [-0.2, -0.15) is 0 Å². The lowest BCUT2D eigenvalue weighted by atomic mass is 9.79. The summed E-state index contributed by atoms with van der Waals surface area (Å²) < 4.78 is 0. The molecule has 0 amide bonds. The first-order valence-corrected chi connectivity index (χ1v) is 7.84. The number of anilines is 1. The van der Waals surface area contributed by atoms with Gasteiger partial charge >= 0.3 is 0 Å². The van der Waals surface area contributed by atoms with Crippen molar-refractivity contribution in [2.75, 3.05) is 18.0 Å². The Labute approximate surface area is 117 Å². The fraction of sp³-hybridized carbons (Fsp3) is 0.647. The molecule has 0 bridgehead atoms. The van der Waals surface area contributed by atoms with E-state index in [1.807, 2.05) is 0 Å². The van der Waals surface area contributed by atoms with E-state index in [-0.39, 0.29) is 0 Å². The summed E-state index contributed by atoms with van der Waals surface area (Å²) in [7, 11) is 0. The van der Waals surface area contributed by atoms with Crippen LogP contribution in [0.2, 0.25) is 0 Å². The molecule has 1 heterocycles. The lowest BCUT2D eigenvalue weighted by Crippen LogP contribution is -2.39. The third kappa shape index (κ3) is 2.51. The summed E-state index contributed by atoms with van der Waals surface area (Å²) in [6, 6.07) is 9.56. The Morgan fingerprint density at radius 3 is 2.68 bits per heavy atom. The molecule has 1 aromatic rings. The van der Waals surface area contributed by atoms with Crippen LogP contribution in [0.1, 0.15) is 38.2 Å². The molecule has 2 heteroatoms. The predicted octanol–water partition coefficient (Wildman–Crippen LogP) is 3.20. The van der Waals surface area contributed by atoms with Crippen molar-refractivity contribution in [3.05, 3.63) is 29.8 Å². The molecule has 2 nitrogen and oxygen atoms in total. The Hall–Kier alpha value is -1.02. The van der Waals surface area contributed by atoms with E-state index in [1.165, 1.54) is 49.9 Å². The van der Waals surface area contributed by atoms with Gasteiger partial charge in [0.15, 0.2) is 0 Å². The first-order valence-electron chi connectivity index (χ1n) is 7.84. The van der Waals surface area contributed by atoms with Crippen LogP contribution in [-0.2, 0) is 6.42 Å². The number of fused-ring (bicyclic) bond motifs is 1. The molecule has 19 heavy (non-hydrogen) atoms. The zero-order valence-electron chi connectivity index (χ0n) is 12.0. The molecule has 1 aliphatic heterocycles. The van der Waals surface area contributed by atoms with Gasteiger partial charge in [0, 0.05) is 18.3 Å². The molecule has 3 atom stereocenters. The van der Waals surface area contributed by atoms with E-state index < -0.39 is 0 Å². The van der Waals surface area contributed by atoms with Gasteiger partial charge in [-0.05, 0) is 56.2 Å². The van der Waals surface area contributed by atoms with E-state index in [1.54, 1.807) is 0 Å². The summed E-state index contributed by atoms with van der Waals surface area (Å²) in [5.74, 6) is 1.54. The molecule has 0 saturated heterocycles. The fourth-order valence-corrected chi connectivity index (χ4v) is 4.00. The first kappa shape index (κ1) is 13.0. The molecule has 104 valence electrons. The highest BCUT2D eigenvalue weighted by atomic mass is 15.2. The molecule has 1 saturated carbocycles.